The second kappa shape index (κ2) is 6.17. The van der Waals surface area contributed by atoms with Crippen molar-refractivity contribution in [3.05, 3.63) is 47.5 Å². The van der Waals surface area contributed by atoms with Crippen LogP contribution in [0.15, 0.2) is 30.6 Å². The summed E-state index contributed by atoms with van der Waals surface area (Å²) in [7, 11) is 0. The molecule has 1 aromatic heterocycles. The number of nitrogens with one attached hydrogen (secondary N) is 1. The van der Waals surface area contributed by atoms with Crippen molar-refractivity contribution in [3.63, 3.8) is 0 Å². The topological polar surface area (TPSA) is 97.1 Å². The van der Waals surface area contributed by atoms with E-state index >= 15 is 0 Å². The van der Waals surface area contributed by atoms with Gasteiger partial charge in [0.05, 0.1) is 12.1 Å². The van der Waals surface area contributed by atoms with Crippen LogP contribution < -0.4 is 5.32 Å². The first-order valence-electron chi connectivity index (χ1n) is 6.49. The molecule has 0 spiro atoms. The maximum atomic E-state index is 12.0. The molecule has 0 saturated heterocycles. The molecule has 2 rings (SSSR count). The van der Waals surface area contributed by atoms with Crippen molar-refractivity contribution in [2.75, 3.05) is 0 Å². The summed E-state index contributed by atoms with van der Waals surface area (Å²) in [5.41, 5.74) is 0.543. The molecule has 0 radical (unpaired) electrons. The SMILES string of the molecule is CC(C)n1ncnc1CNC(=O)c1ccc(C(=O)O)cc1. The van der Waals surface area contributed by atoms with E-state index in [2.05, 4.69) is 15.4 Å². The van der Waals surface area contributed by atoms with Crippen molar-refractivity contribution in [1.82, 2.24) is 20.1 Å². The lowest BCUT2D eigenvalue weighted by atomic mass is 10.1. The number of carboxylic acids is 1. The van der Waals surface area contributed by atoms with Crippen LogP contribution in [0.25, 0.3) is 0 Å². The fraction of sp³-hybridized carbons (Fsp3) is 0.286. The van der Waals surface area contributed by atoms with Gasteiger partial charge in [-0.05, 0) is 38.1 Å². The zero-order valence-electron chi connectivity index (χ0n) is 11.8. The van der Waals surface area contributed by atoms with Gasteiger partial charge in [-0.25, -0.2) is 14.5 Å². The largest absolute Gasteiger partial charge is 0.478 e. The van der Waals surface area contributed by atoms with Gasteiger partial charge < -0.3 is 10.4 Å². The lowest BCUT2D eigenvalue weighted by Crippen LogP contribution is -2.25. The number of rotatable bonds is 5. The monoisotopic (exact) mass is 288 g/mol. The molecule has 0 atom stereocenters. The van der Waals surface area contributed by atoms with E-state index in [1.807, 2.05) is 13.8 Å². The zero-order valence-corrected chi connectivity index (χ0v) is 11.8. The molecule has 1 amide bonds. The predicted molar refractivity (Wildman–Crippen MR) is 75.0 cm³/mol. The van der Waals surface area contributed by atoms with Crippen LogP contribution in [-0.2, 0) is 6.54 Å². The normalized spacial score (nSPS) is 10.6. The lowest BCUT2D eigenvalue weighted by Gasteiger charge is -2.10. The molecule has 0 aliphatic rings. The first-order chi connectivity index (χ1) is 9.99. The van der Waals surface area contributed by atoms with Crippen LogP contribution >= 0.6 is 0 Å². The third kappa shape index (κ3) is 3.44. The number of carbonyl (C=O) groups is 2. The summed E-state index contributed by atoms with van der Waals surface area (Å²) in [6.45, 7) is 4.22. The maximum Gasteiger partial charge on any atom is 0.335 e. The van der Waals surface area contributed by atoms with E-state index in [-0.39, 0.29) is 24.1 Å². The van der Waals surface area contributed by atoms with E-state index in [1.165, 1.54) is 30.6 Å². The van der Waals surface area contributed by atoms with Gasteiger partial charge in [0.2, 0.25) is 0 Å². The second-order valence-corrected chi connectivity index (χ2v) is 4.78. The fourth-order valence-corrected chi connectivity index (χ4v) is 1.86. The van der Waals surface area contributed by atoms with Crippen LogP contribution in [0.3, 0.4) is 0 Å². The van der Waals surface area contributed by atoms with Gasteiger partial charge in [0.15, 0.2) is 0 Å². The first kappa shape index (κ1) is 14.7. The Kier molecular flexibility index (Phi) is 4.32. The van der Waals surface area contributed by atoms with E-state index in [0.29, 0.717) is 11.4 Å². The van der Waals surface area contributed by atoms with Crippen molar-refractivity contribution in [2.24, 2.45) is 0 Å². The van der Waals surface area contributed by atoms with Crippen molar-refractivity contribution in [1.29, 1.82) is 0 Å². The van der Waals surface area contributed by atoms with Crippen molar-refractivity contribution < 1.29 is 14.7 Å². The second-order valence-electron chi connectivity index (χ2n) is 4.78. The van der Waals surface area contributed by atoms with Crippen LogP contribution in [0.1, 0.15) is 46.4 Å². The Balaban J connectivity index is 2.01. The van der Waals surface area contributed by atoms with E-state index in [0.717, 1.165) is 0 Å². The minimum absolute atomic E-state index is 0.145. The highest BCUT2D eigenvalue weighted by molar-refractivity contribution is 5.95. The molecule has 1 aromatic carbocycles. The number of carbonyl (C=O) groups excluding carboxylic acids is 1. The molecule has 0 aliphatic carbocycles. The number of nitrogens with zero attached hydrogens (tertiary/aromatic N) is 3. The smallest absolute Gasteiger partial charge is 0.335 e. The third-order valence-electron chi connectivity index (χ3n) is 2.94. The molecular weight excluding hydrogens is 272 g/mol. The molecule has 0 bridgehead atoms. The highest BCUT2D eigenvalue weighted by atomic mass is 16.4. The van der Waals surface area contributed by atoms with Gasteiger partial charge in [-0.3, -0.25) is 4.79 Å². The predicted octanol–water partition coefficient (Wildman–Crippen LogP) is 1.49. The van der Waals surface area contributed by atoms with Gasteiger partial charge >= 0.3 is 5.97 Å². The standard InChI is InChI=1S/C14H16N4O3/c1-9(2)18-12(16-8-17-18)7-15-13(19)10-3-5-11(6-4-10)14(20)21/h3-6,8-9H,7H2,1-2H3,(H,15,19)(H,20,21). The Hall–Kier alpha value is -2.70. The molecule has 2 N–H and O–H groups in total. The number of aromatic carboxylic acids is 1. The van der Waals surface area contributed by atoms with Gasteiger partial charge in [-0.1, -0.05) is 0 Å². The summed E-state index contributed by atoms with van der Waals surface area (Å²) < 4.78 is 1.73. The molecule has 1 heterocycles. The average molecular weight is 288 g/mol. The molecule has 0 aliphatic heterocycles. The molecular formula is C14H16N4O3. The highest BCUT2D eigenvalue weighted by Crippen LogP contribution is 2.07. The van der Waals surface area contributed by atoms with Crippen molar-refractivity contribution in [2.45, 2.75) is 26.4 Å². The Morgan fingerprint density at radius 3 is 2.43 bits per heavy atom. The number of amides is 1. The number of carboxylic acid groups (broad SMARTS) is 1. The van der Waals surface area contributed by atoms with Crippen LogP contribution in [0.4, 0.5) is 0 Å². The zero-order chi connectivity index (χ0) is 15.4. The molecule has 110 valence electrons. The molecule has 7 heteroatoms. The summed E-state index contributed by atoms with van der Waals surface area (Å²) >= 11 is 0. The summed E-state index contributed by atoms with van der Waals surface area (Å²) in [5.74, 6) is -0.641. The number of benzene rings is 1. The minimum Gasteiger partial charge on any atom is -0.478 e. The summed E-state index contributed by atoms with van der Waals surface area (Å²) in [4.78, 5) is 26.8. The molecule has 7 nitrogen and oxygen atoms in total. The van der Waals surface area contributed by atoms with E-state index in [4.69, 9.17) is 5.11 Å². The van der Waals surface area contributed by atoms with E-state index in [9.17, 15) is 9.59 Å². The lowest BCUT2D eigenvalue weighted by molar-refractivity contribution is 0.0696. The Morgan fingerprint density at radius 1 is 1.24 bits per heavy atom. The minimum atomic E-state index is -1.02. The van der Waals surface area contributed by atoms with Crippen LogP contribution in [0, 0.1) is 0 Å². The van der Waals surface area contributed by atoms with E-state index < -0.39 is 5.97 Å². The Bertz CT molecular complexity index is 646. The van der Waals surface area contributed by atoms with E-state index in [1.54, 1.807) is 4.68 Å². The van der Waals surface area contributed by atoms with Crippen molar-refractivity contribution >= 4 is 11.9 Å². The molecule has 2 aromatic rings. The van der Waals surface area contributed by atoms with Gasteiger partial charge in [-0.2, -0.15) is 5.10 Å². The fourth-order valence-electron chi connectivity index (χ4n) is 1.86. The number of hydrogen-bond acceptors (Lipinski definition) is 4. The quantitative estimate of drug-likeness (QED) is 0.868. The van der Waals surface area contributed by atoms with Gasteiger partial charge in [0, 0.05) is 11.6 Å². The average Bonchev–Trinajstić information content (AvgIpc) is 2.93. The maximum absolute atomic E-state index is 12.0. The Morgan fingerprint density at radius 2 is 1.86 bits per heavy atom. The molecule has 0 unspecified atom stereocenters. The van der Waals surface area contributed by atoms with Crippen LogP contribution in [-0.4, -0.2) is 31.7 Å². The number of hydrogen-bond donors (Lipinski definition) is 2. The van der Waals surface area contributed by atoms with Gasteiger partial charge in [0.1, 0.15) is 12.2 Å². The first-order valence-corrected chi connectivity index (χ1v) is 6.49. The molecule has 0 fully saturated rings. The molecule has 21 heavy (non-hydrogen) atoms. The Labute approximate surface area is 121 Å². The highest BCUT2D eigenvalue weighted by Gasteiger charge is 2.11. The summed E-state index contributed by atoms with van der Waals surface area (Å²) in [6, 6.07) is 5.91. The van der Waals surface area contributed by atoms with Gasteiger partial charge in [0.25, 0.3) is 5.91 Å². The number of aromatic nitrogens is 3. The summed E-state index contributed by atoms with van der Waals surface area (Å²) in [6.07, 6.45) is 1.45. The van der Waals surface area contributed by atoms with Gasteiger partial charge in [-0.15, -0.1) is 0 Å². The third-order valence-corrected chi connectivity index (χ3v) is 2.94. The van der Waals surface area contributed by atoms with Crippen LogP contribution in [0.5, 0.6) is 0 Å². The van der Waals surface area contributed by atoms with Crippen LogP contribution in [0.2, 0.25) is 0 Å². The van der Waals surface area contributed by atoms with Crippen molar-refractivity contribution in [3.8, 4) is 0 Å². The summed E-state index contributed by atoms with van der Waals surface area (Å²) in [5, 5.41) is 15.6. The molecule has 0 saturated carbocycles.